The van der Waals surface area contributed by atoms with Gasteiger partial charge in [-0.2, -0.15) is 10.1 Å². The Morgan fingerprint density at radius 3 is 3.00 bits per heavy atom. The van der Waals surface area contributed by atoms with Crippen LogP contribution in [0.15, 0.2) is 30.5 Å². The van der Waals surface area contributed by atoms with Gasteiger partial charge in [0.25, 0.3) is 5.91 Å². The zero-order valence-electron chi connectivity index (χ0n) is 13.4. The number of anilines is 1. The molecule has 0 saturated carbocycles. The lowest BCUT2D eigenvalue weighted by Crippen LogP contribution is -2.14. The van der Waals surface area contributed by atoms with Gasteiger partial charge in [0.2, 0.25) is 5.95 Å². The number of carbonyl (C=O) groups is 1. The summed E-state index contributed by atoms with van der Waals surface area (Å²) in [6.45, 7) is 1.93. The van der Waals surface area contributed by atoms with Crippen molar-refractivity contribution >= 4 is 11.9 Å². The van der Waals surface area contributed by atoms with E-state index in [0.29, 0.717) is 29.9 Å². The molecule has 7 nitrogen and oxygen atoms in total. The molecule has 0 saturated heterocycles. The number of nitrogens with zero attached hydrogens (tertiary/aromatic N) is 4. The van der Waals surface area contributed by atoms with Crippen LogP contribution in [0.2, 0.25) is 0 Å². The Balaban J connectivity index is 1.70. The third-order valence-electron chi connectivity index (χ3n) is 3.50. The van der Waals surface area contributed by atoms with E-state index in [0.717, 1.165) is 5.56 Å². The molecule has 2 heterocycles. The molecular weight excluding hydrogens is 311 g/mol. The van der Waals surface area contributed by atoms with Gasteiger partial charge in [0.15, 0.2) is 0 Å². The number of carbonyl (C=O) groups excluding carboxylic acids is 1. The number of aromatic nitrogens is 5. The fourth-order valence-corrected chi connectivity index (χ4v) is 2.42. The second-order valence-corrected chi connectivity index (χ2v) is 5.38. The van der Waals surface area contributed by atoms with Gasteiger partial charge in [-0.05, 0) is 24.1 Å². The van der Waals surface area contributed by atoms with Gasteiger partial charge < -0.3 is 0 Å². The fourth-order valence-electron chi connectivity index (χ4n) is 2.42. The minimum absolute atomic E-state index is 0.178. The summed E-state index contributed by atoms with van der Waals surface area (Å²) in [5.41, 5.74) is 1.98. The van der Waals surface area contributed by atoms with Crippen molar-refractivity contribution in [3.8, 4) is 0 Å². The first-order valence-electron chi connectivity index (χ1n) is 7.54. The molecule has 0 atom stereocenters. The maximum Gasteiger partial charge on any atom is 0.261 e. The number of H-pyrrole nitrogens is 1. The van der Waals surface area contributed by atoms with E-state index in [1.54, 1.807) is 30.1 Å². The van der Waals surface area contributed by atoms with Crippen molar-refractivity contribution in [3.63, 3.8) is 0 Å². The van der Waals surface area contributed by atoms with Crippen molar-refractivity contribution in [1.82, 2.24) is 25.0 Å². The molecule has 0 aliphatic rings. The van der Waals surface area contributed by atoms with Crippen LogP contribution < -0.4 is 5.32 Å². The molecule has 3 aromatic rings. The molecule has 0 unspecified atom stereocenters. The monoisotopic (exact) mass is 328 g/mol. The molecule has 0 radical (unpaired) electrons. The number of aromatic amines is 1. The van der Waals surface area contributed by atoms with Crippen molar-refractivity contribution in [2.75, 3.05) is 5.32 Å². The summed E-state index contributed by atoms with van der Waals surface area (Å²) in [4.78, 5) is 16.5. The Morgan fingerprint density at radius 2 is 2.25 bits per heavy atom. The summed E-state index contributed by atoms with van der Waals surface area (Å²) in [7, 11) is 1.76. The molecule has 8 heteroatoms. The quantitative estimate of drug-likeness (QED) is 0.750. The Hall–Kier alpha value is -3.03. The number of aryl methyl sites for hydroxylation is 2. The minimum Gasteiger partial charge on any atom is -0.289 e. The second-order valence-electron chi connectivity index (χ2n) is 5.38. The molecule has 124 valence electrons. The van der Waals surface area contributed by atoms with Crippen molar-refractivity contribution < 1.29 is 9.18 Å². The minimum atomic E-state index is -0.309. The maximum absolute atomic E-state index is 13.2. The Morgan fingerprint density at radius 1 is 1.42 bits per heavy atom. The third-order valence-corrected chi connectivity index (χ3v) is 3.50. The summed E-state index contributed by atoms with van der Waals surface area (Å²) in [5.74, 6) is 0.107. The largest absolute Gasteiger partial charge is 0.289 e. The van der Waals surface area contributed by atoms with Crippen molar-refractivity contribution in [2.45, 2.75) is 19.8 Å². The number of nitrogens with one attached hydrogen (secondary N) is 2. The zero-order valence-corrected chi connectivity index (χ0v) is 13.4. The summed E-state index contributed by atoms with van der Waals surface area (Å²) in [6, 6.07) is 6.25. The summed E-state index contributed by atoms with van der Waals surface area (Å²) < 4.78 is 14.8. The summed E-state index contributed by atoms with van der Waals surface area (Å²) >= 11 is 0. The topological polar surface area (TPSA) is 88.5 Å². The van der Waals surface area contributed by atoms with Gasteiger partial charge in [-0.15, -0.1) is 5.10 Å². The van der Waals surface area contributed by atoms with E-state index in [-0.39, 0.29) is 17.7 Å². The summed E-state index contributed by atoms with van der Waals surface area (Å²) in [5, 5.41) is 13.6. The number of hydrogen-bond donors (Lipinski definition) is 2. The van der Waals surface area contributed by atoms with Gasteiger partial charge in [0.1, 0.15) is 11.6 Å². The Bertz CT molecular complexity index is 869. The van der Waals surface area contributed by atoms with Gasteiger partial charge in [0.05, 0.1) is 11.3 Å². The standard InChI is InChI=1S/C16H17FN6O/c1-3-13-12(9-23(2)22-13)15(24)19-16-18-14(20-21-16)8-10-5-4-6-11(17)7-10/h4-7,9H,3,8H2,1-2H3,(H2,18,19,20,21,24). The SMILES string of the molecule is CCc1nn(C)cc1C(=O)Nc1n[nH]c(Cc2cccc(F)c2)n1. The molecule has 0 spiro atoms. The van der Waals surface area contributed by atoms with E-state index < -0.39 is 0 Å². The molecule has 1 aromatic carbocycles. The van der Waals surface area contributed by atoms with Crippen molar-refractivity contribution in [1.29, 1.82) is 0 Å². The predicted molar refractivity (Wildman–Crippen MR) is 86.1 cm³/mol. The molecule has 0 aliphatic heterocycles. The average Bonchev–Trinajstić information content (AvgIpc) is 3.13. The Labute approximate surface area is 137 Å². The van der Waals surface area contributed by atoms with E-state index in [2.05, 4.69) is 25.6 Å². The van der Waals surface area contributed by atoms with Crippen molar-refractivity contribution in [3.05, 3.63) is 58.9 Å². The van der Waals surface area contributed by atoms with Crippen LogP contribution in [0.25, 0.3) is 0 Å². The molecule has 24 heavy (non-hydrogen) atoms. The van der Waals surface area contributed by atoms with Crippen LogP contribution in [0.3, 0.4) is 0 Å². The second kappa shape index (κ2) is 6.61. The predicted octanol–water partition coefficient (Wildman–Crippen LogP) is 2.08. The molecule has 2 aromatic heterocycles. The van der Waals surface area contributed by atoms with Gasteiger partial charge in [-0.25, -0.2) is 4.39 Å². The normalized spacial score (nSPS) is 10.8. The van der Waals surface area contributed by atoms with Crippen LogP contribution in [0.5, 0.6) is 0 Å². The number of benzene rings is 1. The van der Waals surface area contributed by atoms with Crippen LogP contribution >= 0.6 is 0 Å². The van der Waals surface area contributed by atoms with E-state index >= 15 is 0 Å². The summed E-state index contributed by atoms with van der Waals surface area (Å²) in [6.07, 6.45) is 2.71. The highest BCUT2D eigenvalue weighted by Crippen LogP contribution is 2.12. The van der Waals surface area contributed by atoms with Crippen LogP contribution in [-0.2, 0) is 19.9 Å². The molecule has 0 fully saturated rings. The zero-order chi connectivity index (χ0) is 17.1. The third kappa shape index (κ3) is 3.48. The highest BCUT2D eigenvalue weighted by atomic mass is 19.1. The first kappa shape index (κ1) is 15.9. The van der Waals surface area contributed by atoms with Crippen LogP contribution in [0.1, 0.15) is 34.4 Å². The van der Waals surface area contributed by atoms with E-state index in [4.69, 9.17) is 0 Å². The number of amides is 1. The number of halogens is 1. The molecule has 0 aliphatic carbocycles. The smallest absolute Gasteiger partial charge is 0.261 e. The van der Waals surface area contributed by atoms with Gasteiger partial charge >= 0.3 is 0 Å². The average molecular weight is 328 g/mol. The number of rotatable bonds is 5. The van der Waals surface area contributed by atoms with Crippen molar-refractivity contribution in [2.24, 2.45) is 7.05 Å². The van der Waals surface area contributed by atoms with Crippen LogP contribution in [0, 0.1) is 5.82 Å². The number of hydrogen-bond acceptors (Lipinski definition) is 4. The molecular formula is C16H17FN6O. The van der Waals surface area contributed by atoms with Crippen LogP contribution in [0.4, 0.5) is 10.3 Å². The van der Waals surface area contributed by atoms with Gasteiger partial charge in [-0.1, -0.05) is 19.1 Å². The highest BCUT2D eigenvalue weighted by molar-refractivity contribution is 6.04. The van der Waals surface area contributed by atoms with E-state index in [1.807, 2.05) is 6.92 Å². The first-order chi connectivity index (χ1) is 11.5. The van der Waals surface area contributed by atoms with Gasteiger partial charge in [0, 0.05) is 19.7 Å². The molecule has 3 rings (SSSR count). The van der Waals surface area contributed by atoms with E-state index in [1.165, 1.54) is 12.1 Å². The van der Waals surface area contributed by atoms with Gasteiger partial charge in [-0.3, -0.25) is 19.9 Å². The highest BCUT2D eigenvalue weighted by Gasteiger charge is 2.16. The lowest BCUT2D eigenvalue weighted by Gasteiger charge is -1.99. The molecule has 0 bridgehead atoms. The maximum atomic E-state index is 13.2. The first-order valence-corrected chi connectivity index (χ1v) is 7.54. The fraction of sp³-hybridized carbons (Fsp3) is 0.250. The lowest BCUT2D eigenvalue weighted by atomic mass is 10.1. The molecule has 1 amide bonds. The van der Waals surface area contributed by atoms with Crippen LogP contribution in [-0.4, -0.2) is 30.9 Å². The lowest BCUT2D eigenvalue weighted by molar-refractivity contribution is 0.102. The molecule has 2 N–H and O–H groups in total. The van der Waals surface area contributed by atoms with E-state index in [9.17, 15) is 9.18 Å². The Kier molecular flexibility index (Phi) is 4.37.